The first-order valence-corrected chi connectivity index (χ1v) is 11.8. The summed E-state index contributed by atoms with van der Waals surface area (Å²) in [5, 5.41) is 1.13. The Bertz CT molecular complexity index is 805. The van der Waals surface area contributed by atoms with Gasteiger partial charge in [-0.25, -0.2) is 0 Å². The predicted molar refractivity (Wildman–Crippen MR) is 113 cm³/mol. The van der Waals surface area contributed by atoms with Crippen LogP contribution in [0.3, 0.4) is 0 Å². The Hall–Kier alpha value is -2.00. The molecule has 0 unspecified atom stereocenters. The summed E-state index contributed by atoms with van der Waals surface area (Å²) in [4.78, 5) is 0. The molecule has 3 rings (SSSR count). The van der Waals surface area contributed by atoms with E-state index in [9.17, 15) is 0 Å². The predicted octanol–water partition coefficient (Wildman–Crippen LogP) is 7.65. The van der Waals surface area contributed by atoms with Crippen molar-refractivity contribution in [1.82, 2.24) is 0 Å². The number of benzene rings is 2. The minimum absolute atomic E-state index is 0.567. The summed E-state index contributed by atoms with van der Waals surface area (Å²) in [6, 6.07) is 18.6. The quantitative estimate of drug-likeness (QED) is 0.418. The molecule has 0 radical (unpaired) electrons. The lowest BCUT2D eigenvalue weighted by Gasteiger charge is -2.42. The number of fused-ring (bicyclic) bond motifs is 1. The summed E-state index contributed by atoms with van der Waals surface area (Å²) >= 11 is 0. The molecule has 3 heteroatoms. The van der Waals surface area contributed by atoms with Gasteiger partial charge < -0.3 is 8.84 Å². The topological polar surface area (TPSA) is 22.4 Å². The molecule has 0 bridgehead atoms. The first-order chi connectivity index (χ1) is 12.3. The van der Waals surface area contributed by atoms with Crippen LogP contribution in [0, 0.1) is 0 Å². The third kappa shape index (κ3) is 3.33. The lowest BCUT2D eigenvalue weighted by Crippen LogP contribution is -2.50. The molecule has 138 valence electrons. The van der Waals surface area contributed by atoms with Crippen molar-refractivity contribution in [3.05, 3.63) is 54.6 Å². The van der Waals surface area contributed by atoms with E-state index in [0.29, 0.717) is 16.6 Å². The molecule has 0 fully saturated rings. The normalized spacial score (nSPS) is 12.5. The van der Waals surface area contributed by atoms with E-state index in [4.69, 9.17) is 8.84 Å². The smallest absolute Gasteiger partial charge is 0.258 e. The second-order valence-corrected chi connectivity index (χ2v) is 13.5. The Morgan fingerprint density at radius 1 is 0.769 bits per heavy atom. The number of para-hydroxylation sites is 1. The van der Waals surface area contributed by atoms with Gasteiger partial charge in [-0.15, -0.1) is 0 Å². The van der Waals surface area contributed by atoms with Crippen LogP contribution in [0.25, 0.3) is 22.3 Å². The molecule has 3 aromatic rings. The van der Waals surface area contributed by atoms with E-state index in [0.717, 1.165) is 28.0 Å². The lowest BCUT2D eigenvalue weighted by atomic mass is 10.1. The fourth-order valence-corrected chi connectivity index (χ4v) is 9.62. The summed E-state index contributed by atoms with van der Waals surface area (Å²) in [5.41, 5.74) is 3.71. The molecule has 0 N–H and O–H groups in total. The molecular weight excluding hydrogens is 336 g/mol. The Labute approximate surface area is 158 Å². The standard InChI is InChI=1S/C23H30O2Si/c1-16(2)26(17(3)4,18(5)6)25-21-13-11-19(12-14-21)23-15-20-9-7-8-10-22(20)24-23/h7-18H,1-6H3. The minimum atomic E-state index is -1.91. The van der Waals surface area contributed by atoms with Gasteiger partial charge in [-0.1, -0.05) is 59.7 Å². The summed E-state index contributed by atoms with van der Waals surface area (Å²) in [7, 11) is -1.91. The lowest BCUT2D eigenvalue weighted by molar-refractivity contribution is 0.480. The molecule has 0 amide bonds. The molecular formula is C23H30O2Si. The largest absolute Gasteiger partial charge is 0.543 e. The second kappa shape index (κ2) is 7.32. The summed E-state index contributed by atoms with van der Waals surface area (Å²) < 4.78 is 12.7. The van der Waals surface area contributed by atoms with Gasteiger partial charge in [0.25, 0.3) is 8.32 Å². The molecule has 0 aliphatic carbocycles. The van der Waals surface area contributed by atoms with Crippen LogP contribution in [0.1, 0.15) is 41.5 Å². The van der Waals surface area contributed by atoms with Gasteiger partial charge >= 0.3 is 0 Å². The zero-order valence-electron chi connectivity index (χ0n) is 16.7. The third-order valence-corrected chi connectivity index (χ3v) is 11.6. The van der Waals surface area contributed by atoms with Crippen LogP contribution in [0.4, 0.5) is 0 Å². The Kier molecular flexibility index (Phi) is 5.28. The molecule has 0 aliphatic heterocycles. The number of hydrogen-bond acceptors (Lipinski definition) is 2. The van der Waals surface area contributed by atoms with E-state index < -0.39 is 8.32 Å². The van der Waals surface area contributed by atoms with Crippen LogP contribution >= 0.6 is 0 Å². The van der Waals surface area contributed by atoms with Gasteiger partial charge in [-0.05, 0) is 53.0 Å². The maximum Gasteiger partial charge on any atom is 0.258 e. The summed E-state index contributed by atoms with van der Waals surface area (Å²) in [6.07, 6.45) is 0. The molecule has 26 heavy (non-hydrogen) atoms. The van der Waals surface area contributed by atoms with Gasteiger partial charge in [0.15, 0.2) is 0 Å². The van der Waals surface area contributed by atoms with Crippen molar-refractivity contribution >= 4 is 19.3 Å². The maximum atomic E-state index is 6.74. The Balaban J connectivity index is 1.89. The zero-order chi connectivity index (χ0) is 18.9. The van der Waals surface area contributed by atoms with E-state index in [1.54, 1.807) is 0 Å². The van der Waals surface area contributed by atoms with E-state index >= 15 is 0 Å². The van der Waals surface area contributed by atoms with Crippen LogP contribution in [0.5, 0.6) is 5.75 Å². The molecule has 0 spiro atoms. The van der Waals surface area contributed by atoms with E-state index in [1.165, 1.54) is 0 Å². The van der Waals surface area contributed by atoms with Crippen molar-refractivity contribution in [3.8, 4) is 17.1 Å². The minimum Gasteiger partial charge on any atom is -0.543 e. The molecule has 0 saturated heterocycles. The van der Waals surface area contributed by atoms with Crippen molar-refractivity contribution in [2.24, 2.45) is 0 Å². The SMILES string of the molecule is CC(C)[Si](Oc1ccc(-c2cc3ccccc3o2)cc1)(C(C)C)C(C)C. The second-order valence-electron chi connectivity index (χ2n) is 8.09. The molecule has 0 saturated carbocycles. The Morgan fingerprint density at radius 2 is 1.35 bits per heavy atom. The van der Waals surface area contributed by atoms with Gasteiger partial charge in [0, 0.05) is 10.9 Å². The monoisotopic (exact) mass is 366 g/mol. The van der Waals surface area contributed by atoms with Gasteiger partial charge in [-0.3, -0.25) is 0 Å². The highest BCUT2D eigenvalue weighted by Gasteiger charge is 2.46. The Morgan fingerprint density at radius 3 is 1.88 bits per heavy atom. The number of hydrogen-bond donors (Lipinski definition) is 0. The van der Waals surface area contributed by atoms with Crippen molar-refractivity contribution < 1.29 is 8.84 Å². The highest BCUT2D eigenvalue weighted by Crippen LogP contribution is 2.43. The summed E-state index contributed by atoms with van der Waals surface area (Å²) in [5.74, 6) is 1.88. The molecule has 2 aromatic carbocycles. The molecule has 0 aliphatic rings. The number of furan rings is 1. The molecule has 1 aromatic heterocycles. The van der Waals surface area contributed by atoms with Crippen LogP contribution in [0.15, 0.2) is 59.0 Å². The molecule has 1 heterocycles. The van der Waals surface area contributed by atoms with E-state index in [-0.39, 0.29) is 0 Å². The van der Waals surface area contributed by atoms with Crippen molar-refractivity contribution in [3.63, 3.8) is 0 Å². The maximum absolute atomic E-state index is 6.74. The van der Waals surface area contributed by atoms with Gasteiger partial charge in [0.05, 0.1) is 0 Å². The number of rotatable bonds is 6. The third-order valence-electron chi connectivity index (χ3n) is 5.57. The molecule has 0 atom stereocenters. The summed E-state index contributed by atoms with van der Waals surface area (Å²) in [6.45, 7) is 13.9. The average Bonchev–Trinajstić information content (AvgIpc) is 3.03. The fraction of sp³-hybridized carbons (Fsp3) is 0.391. The fourth-order valence-electron chi connectivity index (χ4n) is 4.37. The van der Waals surface area contributed by atoms with E-state index in [2.05, 4.69) is 77.9 Å². The van der Waals surface area contributed by atoms with Gasteiger partial charge in [0.2, 0.25) is 0 Å². The van der Waals surface area contributed by atoms with E-state index in [1.807, 2.05) is 18.2 Å². The van der Waals surface area contributed by atoms with Gasteiger partial charge in [-0.2, -0.15) is 0 Å². The highest BCUT2D eigenvalue weighted by molar-refractivity contribution is 6.78. The molecule has 2 nitrogen and oxygen atoms in total. The first-order valence-electron chi connectivity index (χ1n) is 9.62. The van der Waals surface area contributed by atoms with Crippen LogP contribution < -0.4 is 4.43 Å². The van der Waals surface area contributed by atoms with Gasteiger partial charge in [0.1, 0.15) is 17.1 Å². The highest BCUT2D eigenvalue weighted by atomic mass is 28.4. The van der Waals surface area contributed by atoms with Crippen LogP contribution in [-0.4, -0.2) is 8.32 Å². The van der Waals surface area contributed by atoms with Crippen molar-refractivity contribution in [2.45, 2.75) is 58.2 Å². The van der Waals surface area contributed by atoms with Crippen molar-refractivity contribution in [1.29, 1.82) is 0 Å². The van der Waals surface area contributed by atoms with Crippen LogP contribution in [-0.2, 0) is 0 Å². The van der Waals surface area contributed by atoms with Crippen molar-refractivity contribution in [2.75, 3.05) is 0 Å². The average molecular weight is 367 g/mol. The first kappa shape index (κ1) is 18.8. The zero-order valence-corrected chi connectivity index (χ0v) is 17.7. The van der Waals surface area contributed by atoms with Crippen LogP contribution in [0.2, 0.25) is 16.6 Å².